The predicted octanol–water partition coefficient (Wildman–Crippen LogP) is 2.85. The first-order valence-corrected chi connectivity index (χ1v) is 8.81. The molecule has 5 nitrogen and oxygen atoms in total. The molecule has 1 saturated heterocycles. The highest BCUT2D eigenvalue weighted by Crippen LogP contribution is 2.20. The molecule has 132 valence electrons. The molecular formula is C20H25N3O2. The van der Waals surface area contributed by atoms with Crippen molar-refractivity contribution >= 4 is 11.6 Å². The fraction of sp³-hybridized carbons (Fsp3) is 0.400. The van der Waals surface area contributed by atoms with Crippen molar-refractivity contribution in [1.29, 1.82) is 0 Å². The van der Waals surface area contributed by atoms with Crippen LogP contribution in [-0.4, -0.2) is 40.6 Å². The van der Waals surface area contributed by atoms with Gasteiger partial charge in [0.15, 0.2) is 0 Å². The van der Waals surface area contributed by atoms with Crippen LogP contribution < -0.4 is 5.32 Å². The van der Waals surface area contributed by atoms with Crippen LogP contribution in [0.2, 0.25) is 0 Å². The first-order chi connectivity index (χ1) is 12.1. The molecule has 1 fully saturated rings. The third-order valence-corrected chi connectivity index (χ3v) is 4.68. The third kappa shape index (κ3) is 4.87. The normalized spacial score (nSPS) is 15.9. The Bertz CT molecular complexity index is 724. The highest BCUT2D eigenvalue weighted by Gasteiger charge is 2.18. The van der Waals surface area contributed by atoms with Crippen LogP contribution in [-0.2, 0) is 6.54 Å². The number of rotatable bonds is 5. The van der Waals surface area contributed by atoms with E-state index in [0.717, 1.165) is 43.9 Å². The summed E-state index contributed by atoms with van der Waals surface area (Å²) in [5.41, 5.74) is 3.22. The molecule has 3 rings (SSSR count). The Morgan fingerprint density at radius 2 is 2.00 bits per heavy atom. The Hall–Kier alpha value is -2.24. The molecule has 1 aromatic heterocycles. The van der Waals surface area contributed by atoms with Crippen LogP contribution in [0.15, 0.2) is 42.5 Å². The van der Waals surface area contributed by atoms with Crippen LogP contribution in [0.3, 0.4) is 0 Å². The second-order valence-electron chi connectivity index (χ2n) is 6.72. The number of amides is 1. The molecule has 1 amide bonds. The first kappa shape index (κ1) is 17.6. The number of carbonyl (C=O) groups excluding carboxylic acids is 1. The Morgan fingerprint density at radius 3 is 2.72 bits per heavy atom. The SMILES string of the molecule is Cc1cccc(C(=O)Nc2cccc(CN3CCC(CO)CC3)c2)n1. The highest BCUT2D eigenvalue weighted by atomic mass is 16.3. The van der Waals surface area contributed by atoms with E-state index in [0.29, 0.717) is 18.2 Å². The summed E-state index contributed by atoms with van der Waals surface area (Å²) in [4.78, 5) is 19.0. The van der Waals surface area contributed by atoms with Gasteiger partial charge >= 0.3 is 0 Å². The lowest BCUT2D eigenvalue weighted by molar-refractivity contribution is 0.102. The van der Waals surface area contributed by atoms with Crippen LogP contribution in [0.5, 0.6) is 0 Å². The van der Waals surface area contributed by atoms with Crippen molar-refractivity contribution in [3.05, 3.63) is 59.4 Å². The molecule has 2 aromatic rings. The van der Waals surface area contributed by atoms with E-state index in [2.05, 4.69) is 21.3 Å². The van der Waals surface area contributed by atoms with Gasteiger partial charge in [0.25, 0.3) is 5.91 Å². The minimum atomic E-state index is -0.190. The van der Waals surface area contributed by atoms with Crippen molar-refractivity contribution < 1.29 is 9.90 Å². The minimum absolute atomic E-state index is 0.190. The number of hydrogen-bond acceptors (Lipinski definition) is 4. The van der Waals surface area contributed by atoms with Crippen LogP contribution in [0, 0.1) is 12.8 Å². The molecule has 0 aliphatic carbocycles. The van der Waals surface area contributed by atoms with E-state index in [1.54, 1.807) is 6.07 Å². The molecule has 0 saturated carbocycles. The molecular weight excluding hydrogens is 314 g/mol. The summed E-state index contributed by atoms with van der Waals surface area (Å²) in [6, 6.07) is 13.4. The van der Waals surface area contributed by atoms with Gasteiger partial charge in [0.2, 0.25) is 0 Å². The van der Waals surface area contributed by atoms with Crippen molar-refractivity contribution in [1.82, 2.24) is 9.88 Å². The maximum atomic E-state index is 12.3. The van der Waals surface area contributed by atoms with Crippen LogP contribution >= 0.6 is 0 Å². The highest BCUT2D eigenvalue weighted by molar-refractivity contribution is 6.02. The minimum Gasteiger partial charge on any atom is -0.396 e. The van der Waals surface area contributed by atoms with E-state index in [9.17, 15) is 9.90 Å². The van der Waals surface area contributed by atoms with Crippen molar-refractivity contribution in [2.75, 3.05) is 25.0 Å². The average molecular weight is 339 g/mol. The number of aliphatic hydroxyl groups excluding tert-OH is 1. The van der Waals surface area contributed by atoms with Crippen molar-refractivity contribution in [3.8, 4) is 0 Å². The molecule has 5 heteroatoms. The molecule has 2 heterocycles. The molecule has 0 atom stereocenters. The lowest BCUT2D eigenvalue weighted by Gasteiger charge is -2.31. The fourth-order valence-electron chi connectivity index (χ4n) is 3.20. The standard InChI is InChI=1S/C20H25N3O2/c1-15-4-2-7-19(21-15)20(25)22-18-6-3-5-17(12-18)13-23-10-8-16(14-24)9-11-23/h2-7,12,16,24H,8-11,13-14H2,1H3,(H,22,25). The Morgan fingerprint density at radius 1 is 1.24 bits per heavy atom. The molecule has 2 N–H and O–H groups in total. The monoisotopic (exact) mass is 339 g/mol. The number of hydrogen-bond donors (Lipinski definition) is 2. The molecule has 1 aliphatic rings. The molecule has 0 radical (unpaired) electrons. The van der Waals surface area contributed by atoms with Crippen LogP contribution in [0.1, 0.15) is 34.6 Å². The number of anilines is 1. The summed E-state index contributed by atoms with van der Waals surface area (Å²) < 4.78 is 0. The number of pyridine rings is 1. The zero-order valence-corrected chi connectivity index (χ0v) is 14.6. The van der Waals surface area contributed by atoms with Gasteiger partial charge in [0.05, 0.1) is 0 Å². The maximum absolute atomic E-state index is 12.3. The van der Waals surface area contributed by atoms with E-state index in [4.69, 9.17) is 0 Å². The lowest BCUT2D eigenvalue weighted by atomic mass is 9.97. The first-order valence-electron chi connectivity index (χ1n) is 8.81. The second-order valence-corrected chi connectivity index (χ2v) is 6.72. The Labute approximate surface area is 148 Å². The summed E-state index contributed by atoms with van der Waals surface area (Å²) in [6.45, 7) is 5.05. The number of aryl methyl sites for hydroxylation is 1. The molecule has 0 spiro atoms. The largest absolute Gasteiger partial charge is 0.396 e. The average Bonchev–Trinajstić information content (AvgIpc) is 2.63. The molecule has 1 aromatic carbocycles. The summed E-state index contributed by atoms with van der Waals surface area (Å²) >= 11 is 0. The van der Waals surface area contributed by atoms with Crippen molar-refractivity contribution in [3.63, 3.8) is 0 Å². The zero-order valence-electron chi connectivity index (χ0n) is 14.6. The number of aliphatic hydroxyl groups is 1. The van der Waals surface area contributed by atoms with E-state index in [1.807, 2.05) is 37.3 Å². The van der Waals surface area contributed by atoms with Gasteiger partial charge in [-0.25, -0.2) is 4.98 Å². The van der Waals surface area contributed by atoms with E-state index < -0.39 is 0 Å². The smallest absolute Gasteiger partial charge is 0.274 e. The summed E-state index contributed by atoms with van der Waals surface area (Å²) in [7, 11) is 0. The number of likely N-dealkylation sites (tertiary alicyclic amines) is 1. The number of benzene rings is 1. The molecule has 1 aliphatic heterocycles. The van der Waals surface area contributed by atoms with Crippen molar-refractivity contribution in [2.24, 2.45) is 5.92 Å². The van der Waals surface area contributed by atoms with Gasteiger partial charge in [0, 0.05) is 24.5 Å². The quantitative estimate of drug-likeness (QED) is 0.879. The fourth-order valence-corrected chi connectivity index (χ4v) is 3.20. The van der Waals surface area contributed by atoms with Gasteiger partial charge in [-0.3, -0.25) is 9.69 Å². The van der Waals surface area contributed by atoms with Gasteiger partial charge < -0.3 is 10.4 Å². The Balaban J connectivity index is 1.61. The van der Waals surface area contributed by atoms with Gasteiger partial charge in [-0.2, -0.15) is 0 Å². The Kier molecular flexibility index (Phi) is 5.79. The number of nitrogens with one attached hydrogen (secondary N) is 1. The summed E-state index contributed by atoms with van der Waals surface area (Å²) in [5, 5.41) is 12.2. The molecule has 0 unspecified atom stereocenters. The second kappa shape index (κ2) is 8.23. The van der Waals surface area contributed by atoms with Gasteiger partial charge in [-0.15, -0.1) is 0 Å². The summed E-state index contributed by atoms with van der Waals surface area (Å²) in [5.74, 6) is 0.258. The third-order valence-electron chi connectivity index (χ3n) is 4.68. The summed E-state index contributed by atoms with van der Waals surface area (Å²) in [6.07, 6.45) is 2.10. The molecule has 0 bridgehead atoms. The zero-order chi connectivity index (χ0) is 17.6. The van der Waals surface area contributed by atoms with Crippen LogP contribution in [0.4, 0.5) is 5.69 Å². The topological polar surface area (TPSA) is 65.5 Å². The van der Waals surface area contributed by atoms with E-state index >= 15 is 0 Å². The lowest BCUT2D eigenvalue weighted by Crippen LogP contribution is -2.34. The van der Waals surface area contributed by atoms with E-state index in [1.165, 1.54) is 5.56 Å². The van der Waals surface area contributed by atoms with Gasteiger partial charge in [0.1, 0.15) is 5.69 Å². The predicted molar refractivity (Wildman–Crippen MR) is 98.5 cm³/mol. The number of nitrogens with zero attached hydrogens (tertiary/aromatic N) is 2. The maximum Gasteiger partial charge on any atom is 0.274 e. The number of carbonyl (C=O) groups is 1. The van der Waals surface area contributed by atoms with Gasteiger partial charge in [-0.05, 0) is 68.6 Å². The van der Waals surface area contributed by atoms with Gasteiger partial charge in [-0.1, -0.05) is 18.2 Å². The van der Waals surface area contributed by atoms with Crippen LogP contribution in [0.25, 0.3) is 0 Å². The molecule has 25 heavy (non-hydrogen) atoms. The van der Waals surface area contributed by atoms with E-state index in [-0.39, 0.29) is 5.91 Å². The number of aromatic nitrogens is 1. The van der Waals surface area contributed by atoms with Crippen molar-refractivity contribution in [2.45, 2.75) is 26.3 Å². The number of piperidine rings is 1.